The van der Waals surface area contributed by atoms with E-state index in [4.69, 9.17) is 0 Å². The number of aromatic amines is 1. The van der Waals surface area contributed by atoms with Gasteiger partial charge in [-0.1, -0.05) is 0 Å². The SMILES string of the molecule is O=C(c1ccc[nH]1)N1CCCC1C1CCCN1. The number of hydrogen-bond acceptors (Lipinski definition) is 2. The Morgan fingerprint density at radius 3 is 3.00 bits per heavy atom. The summed E-state index contributed by atoms with van der Waals surface area (Å²) in [5, 5.41) is 3.52. The molecule has 2 fully saturated rings. The quantitative estimate of drug-likeness (QED) is 0.810. The van der Waals surface area contributed by atoms with Crippen LogP contribution in [0.2, 0.25) is 0 Å². The van der Waals surface area contributed by atoms with Crippen LogP contribution in [0.5, 0.6) is 0 Å². The molecule has 0 spiro atoms. The second kappa shape index (κ2) is 4.53. The van der Waals surface area contributed by atoms with Crippen molar-refractivity contribution in [3.8, 4) is 0 Å². The van der Waals surface area contributed by atoms with E-state index in [0.29, 0.717) is 12.1 Å². The van der Waals surface area contributed by atoms with Crippen LogP contribution in [-0.2, 0) is 0 Å². The lowest BCUT2D eigenvalue weighted by atomic mass is 10.0. The van der Waals surface area contributed by atoms with Crippen molar-refractivity contribution in [2.75, 3.05) is 13.1 Å². The molecule has 1 amide bonds. The van der Waals surface area contributed by atoms with Gasteiger partial charge in [0.1, 0.15) is 5.69 Å². The second-order valence-electron chi connectivity index (χ2n) is 4.99. The Morgan fingerprint density at radius 1 is 1.35 bits per heavy atom. The van der Waals surface area contributed by atoms with E-state index in [-0.39, 0.29) is 5.91 Å². The maximum atomic E-state index is 12.3. The summed E-state index contributed by atoms with van der Waals surface area (Å²) in [6, 6.07) is 4.65. The standard InChI is InChI=1S/C13H19N3O/c17-13(11-5-2-8-15-11)16-9-3-6-12(16)10-4-1-7-14-10/h2,5,8,10,12,14-15H,1,3-4,6-7,9H2. The minimum absolute atomic E-state index is 0.159. The van der Waals surface area contributed by atoms with Crippen molar-refractivity contribution in [2.45, 2.75) is 37.8 Å². The molecule has 0 aromatic carbocycles. The van der Waals surface area contributed by atoms with Gasteiger partial charge in [-0.15, -0.1) is 0 Å². The molecular weight excluding hydrogens is 214 g/mol. The van der Waals surface area contributed by atoms with Gasteiger partial charge in [-0.05, 0) is 44.4 Å². The molecule has 3 rings (SSSR count). The smallest absolute Gasteiger partial charge is 0.270 e. The third-order valence-electron chi connectivity index (χ3n) is 3.95. The Hall–Kier alpha value is -1.29. The molecule has 17 heavy (non-hydrogen) atoms. The minimum atomic E-state index is 0.159. The van der Waals surface area contributed by atoms with Crippen LogP contribution in [-0.4, -0.2) is 41.0 Å². The molecule has 0 bridgehead atoms. The molecule has 4 nitrogen and oxygen atoms in total. The molecular formula is C13H19N3O. The van der Waals surface area contributed by atoms with Crippen molar-refractivity contribution in [3.63, 3.8) is 0 Å². The molecule has 0 radical (unpaired) electrons. The summed E-state index contributed by atoms with van der Waals surface area (Å²) in [6.07, 6.45) is 6.54. The van der Waals surface area contributed by atoms with Gasteiger partial charge in [0.25, 0.3) is 5.91 Å². The number of carbonyl (C=O) groups is 1. The van der Waals surface area contributed by atoms with Gasteiger partial charge in [0.05, 0.1) is 0 Å². The van der Waals surface area contributed by atoms with E-state index in [1.165, 1.54) is 12.8 Å². The molecule has 2 atom stereocenters. The molecule has 2 N–H and O–H groups in total. The van der Waals surface area contributed by atoms with Crippen molar-refractivity contribution < 1.29 is 4.79 Å². The summed E-state index contributed by atoms with van der Waals surface area (Å²) in [7, 11) is 0. The van der Waals surface area contributed by atoms with Crippen molar-refractivity contribution >= 4 is 5.91 Å². The maximum Gasteiger partial charge on any atom is 0.270 e. The van der Waals surface area contributed by atoms with Crippen LogP contribution in [0.15, 0.2) is 18.3 Å². The van der Waals surface area contributed by atoms with Gasteiger partial charge in [-0.25, -0.2) is 0 Å². The molecule has 1 aromatic rings. The average Bonchev–Trinajstić information content (AvgIpc) is 3.09. The Bertz CT molecular complexity index is 381. The highest BCUT2D eigenvalue weighted by Crippen LogP contribution is 2.26. The topological polar surface area (TPSA) is 48.1 Å². The van der Waals surface area contributed by atoms with Crippen LogP contribution >= 0.6 is 0 Å². The van der Waals surface area contributed by atoms with Gasteiger partial charge < -0.3 is 15.2 Å². The first-order chi connectivity index (χ1) is 8.36. The second-order valence-corrected chi connectivity index (χ2v) is 4.99. The van der Waals surface area contributed by atoms with Crippen LogP contribution < -0.4 is 5.32 Å². The average molecular weight is 233 g/mol. The highest BCUT2D eigenvalue weighted by atomic mass is 16.2. The van der Waals surface area contributed by atoms with E-state index in [2.05, 4.69) is 15.2 Å². The number of carbonyl (C=O) groups excluding carboxylic acids is 1. The fraction of sp³-hybridized carbons (Fsp3) is 0.615. The number of H-pyrrole nitrogens is 1. The molecule has 0 saturated carbocycles. The number of amides is 1. The van der Waals surface area contributed by atoms with E-state index in [1.807, 2.05) is 18.3 Å². The zero-order valence-corrected chi connectivity index (χ0v) is 9.98. The van der Waals surface area contributed by atoms with Crippen molar-refractivity contribution in [1.29, 1.82) is 0 Å². The molecule has 2 saturated heterocycles. The van der Waals surface area contributed by atoms with Crippen LogP contribution in [0.3, 0.4) is 0 Å². The zero-order chi connectivity index (χ0) is 11.7. The van der Waals surface area contributed by atoms with E-state index in [9.17, 15) is 4.79 Å². The fourth-order valence-electron chi connectivity index (χ4n) is 3.12. The number of aromatic nitrogens is 1. The van der Waals surface area contributed by atoms with Crippen LogP contribution in [0, 0.1) is 0 Å². The van der Waals surface area contributed by atoms with Crippen molar-refractivity contribution in [1.82, 2.24) is 15.2 Å². The van der Waals surface area contributed by atoms with Crippen molar-refractivity contribution in [2.24, 2.45) is 0 Å². The third kappa shape index (κ3) is 1.97. The first-order valence-corrected chi connectivity index (χ1v) is 6.54. The Labute approximate surface area is 101 Å². The van der Waals surface area contributed by atoms with E-state index in [1.54, 1.807) is 0 Å². The number of nitrogens with zero attached hydrogens (tertiary/aromatic N) is 1. The summed E-state index contributed by atoms with van der Waals surface area (Å²) in [4.78, 5) is 17.4. The Morgan fingerprint density at radius 2 is 2.29 bits per heavy atom. The monoisotopic (exact) mass is 233 g/mol. The van der Waals surface area contributed by atoms with Gasteiger partial charge in [0.2, 0.25) is 0 Å². The molecule has 2 aliphatic heterocycles. The Kier molecular flexibility index (Phi) is 2.89. The number of rotatable bonds is 2. The predicted molar refractivity (Wildman–Crippen MR) is 65.9 cm³/mol. The molecule has 3 heterocycles. The van der Waals surface area contributed by atoms with E-state index in [0.717, 1.165) is 31.6 Å². The number of nitrogens with one attached hydrogen (secondary N) is 2. The summed E-state index contributed by atoms with van der Waals surface area (Å²) < 4.78 is 0. The summed E-state index contributed by atoms with van der Waals surface area (Å²) in [5.41, 5.74) is 0.717. The number of hydrogen-bond donors (Lipinski definition) is 2. The third-order valence-corrected chi connectivity index (χ3v) is 3.95. The van der Waals surface area contributed by atoms with Crippen LogP contribution in [0.1, 0.15) is 36.2 Å². The van der Waals surface area contributed by atoms with E-state index < -0.39 is 0 Å². The zero-order valence-electron chi connectivity index (χ0n) is 9.98. The summed E-state index contributed by atoms with van der Waals surface area (Å²) in [6.45, 7) is 2.01. The molecule has 0 aliphatic carbocycles. The lowest BCUT2D eigenvalue weighted by Crippen LogP contribution is -2.46. The van der Waals surface area contributed by atoms with E-state index >= 15 is 0 Å². The first-order valence-electron chi connectivity index (χ1n) is 6.54. The van der Waals surface area contributed by atoms with Gasteiger partial charge in [0, 0.05) is 24.8 Å². The molecule has 2 aliphatic rings. The lowest BCUT2D eigenvalue weighted by molar-refractivity contribution is 0.0706. The molecule has 2 unspecified atom stereocenters. The highest BCUT2D eigenvalue weighted by Gasteiger charge is 2.36. The Balaban J connectivity index is 1.75. The number of likely N-dealkylation sites (tertiary alicyclic amines) is 1. The first kappa shape index (κ1) is 10.8. The summed E-state index contributed by atoms with van der Waals surface area (Å²) >= 11 is 0. The highest BCUT2D eigenvalue weighted by molar-refractivity contribution is 5.92. The minimum Gasteiger partial charge on any atom is -0.357 e. The van der Waals surface area contributed by atoms with Gasteiger partial charge >= 0.3 is 0 Å². The molecule has 92 valence electrons. The molecule has 4 heteroatoms. The largest absolute Gasteiger partial charge is 0.357 e. The van der Waals surface area contributed by atoms with Crippen molar-refractivity contribution in [3.05, 3.63) is 24.0 Å². The fourth-order valence-corrected chi connectivity index (χ4v) is 3.12. The van der Waals surface area contributed by atoms with Gasteiger partial charge in [0.15, 0.2) is 0 Å². The maximum absolute atomic E-state index is 12.3. The normalized spacial score (nSPS) is 28.8. The summed E-state index contributed by atoms with van der Waals surface area (Å²) in [5.74, 6) is 0.159. The predicted octanol–water partition coefficient (Wildman–Crippen LogP) is 1.37. The van der Waals surface area contributed by atoms with Gasteiger partial charge in [-0.3, -0.25) is 4.79 Å². The molecule has 1 aromatic heterocycles. The van der Waals surface area contributed by atoms with Crippen LogP contribution in [0.25, 0.3) is 0 Å². The lowest BCUT2D eigenvalue weighted by Gasteiger charge is -2.29. The van der Waals surface area contributed by atoms with Gasteiger partial charge in [-0.2, -0.15) is 0 Å². The van der Waals surface area contributed by atoms with Crippen LogP contribution in [0.4, 0.5) is 0 Å².